The molecule has 0 bridgehead atoms. The zero-order chi connectivity index (χ0) is 28.4. The Morgan fingerprint density at radius 2 is 1.95 bits per heavy atom. The number of hydrogen-bond donors (Lipinski definition) is 1. The molecule has 0 aliphatic carbocycles. The first kappa shape index (κ1) is 27.4. The summed E-state index contributed by atoms with van der Waals surface area (Å²) in [4.78, 5) is 38.3. The maximum Gasteiger partial charge on any atom is 0.410 e. The van der Waals surface area contributed by atoms with Crippen LogP contribution in [0.5, 0.6) is 5.75 Å². The normalized spacial score (nSPS) is 15.7. The van der Waals surface area contributed by atoms with Crippen LogP contribution in [-0.2, 0) is 4.74 Å². The monoisotopic (exact) mass is 568 g/mol. The Balaban J connectivity index is 1.39. The van der Waals surface area contributed by atoms with Crippen molar-refractivity contribution >= 4 is 34.5 Å². The van der Waals surface area contributed by atoms with Crippen molar-refractivity contribution in [3.63, 3.8) is 0 Å². The quantitative estimate of drug-likeness (QED) is 0.229. The number of nitrogens with zero attached hydrogens (tertiary/aromatic N) is 5. The third-order valence-corrected chi connectivity index (χ3v) is 6.42. The molecular formula is C28H30ClFN6O4. The van der Waals surface area contributed by atoms with Crippen molar-refractivity contribution < 1.29 is 23.8 Å². The number of ether oxygens (including phenoxy) is 1. The van der Waals surface area contributed by atoms with Gasteiger partial charge >= 0.3 is 6.09 Å². The molecule has 1 saturated heterocycles. The first-order chi connectivity index (χ1) is 19.1. The molecule has 1 atom stereocenters. The number of likely N-dealkylation sites (tertiary alicyclic amines) is 1. The van der Waals surface area contributed by atoms with Crippen LogP contribution in [-0.4, -0.2) is 55.4 Å². The van der Waals surface area contributed by atoms with Gasteiger partial charge in [-0.3, -0.25) is 4.89 Å². The molecule has 1 aliphatic heterocycles. The SMILES string of the molecule is Cc1ccc(OOn2cc(-c3ncc(F)c(N[C@H]4CCCN(C(=O)OC(C)(C)C)C4)n3)c3cc(Cl)cnc32)cc1. The minimum Gasteiger partial charge on any atom is -0.444 e. The summed E-state index contributed by atoms with van der Waals surface area (Å²) in [5.41, 5.74) is 1.41. The largest absolute Gasteiger partial charge is 0.444 e. The molecule has 0 saturated carbocycles. The number of aryl methyl sites for hydroxylation is 1. The molecule has 3 aromatic heterocycles. The van der Waals surface area contributed by atoms with Crippen molar-refractivity contribution in [1.29, 1.82) is 0 Å². The van der Waals surface area contributed by atoms with E-state index in [2.05, 4.69) is 20.3 Å². The number of pyridine rings is 1. The summed E-state index contributed by atoms with van der Waals surface area (Å²) in [6.45, 7) is 8.37. The van der Waals surface area contributed by atoms with Crippen molar-refractivity contribution in [2.75, 3.05) is 18.4 Å². The van der Waals surface area contributed by atoms with Gasteiger partial charge in [0, 0.05) is 30.7 Å². The summed E-state index contributed by atoms with van der Waals surface area (Å²) in [7, 11) is 0. The number of piperidine rings is 1. The lowest BCUT2D eigenvalue weighted by atomic mass is 10.1. The first-order valence-electron chi connectivity index (χ1n) is 12.9. The lowest BCUT2D eigenvalue weighted by Gasteiger charge is -2.34. The van der Waals surface area contributed by atoms with Gasteiger partial charge in [0.1, 0.15) is 5.60 Å². The average Bonchev–Trinajstić information content (AvgIpc) is 3.26. The number of amides is 1. The Kier molecular flexibility index (Phi) is 7.66. The van der Waals surface area contributed by atoms with E-state index in [4.69, 9.17) is 26.2 Å². The fraction of sp³-hybridized carbons (Fsp3) is 0.357. The molecule has 1 aliphatic rings. The van der Waals surface area contributed by atoms with E-state index >= 15 is 0 Å². The summed E-state index contributed by atoms with van der Waals surface area (Å²) in [5, 5.41) is 4.13. The number of anilines is 1. The summed E-state index contributed by atoms with van der Waals surface area (Å²) >= 11 is 6.24. The summed E-state index contributed by atoms with van der Waals surface area (Å²) in [6, 6.07) is 8.84. The second kappa shape index (κ2) is 11.2. The number of aromatic nitrogens is 4. The van der Waals surface area contributed by atoms with E-state index in [9.17, 15) is 9.18 Å². The molecule has 1 aromatic carbocycles. The van der Waals surface area contributed by atoms with Crippen molar-refractivity contribution in [2.24, 2.45) is 0 Å². The van der Waals surface area contributed by atoms with E-state index in [-0.39, 0.29) is 17.7 Å². The topological polar surface area (TPSA) is 104 Å². The van der Waals surface area contributed by atoms with Crippen LogP contribution >= 0.6 is 11.6 Å². The van der Waals surface area contributed by atoms with Crippen molar-refractivity contribution in [3.8, 4) is 17.1 Å². The molecule has 5 rings (SSSR count). The number of benzene rings is 1. The van der Waals surface area contributed by atoms with Gasteiger partial charge in [-0.15, -0.1) is 4.73 Å². The fourth-order valence-corrected chi connectivity index (χ4v) is 4.50. The van der Waals surface area contributed by atoms with Crippen LogP contribution in [0.1, 0.15) is 39.2 Å². The van der Waals surface area contributed by atoms with Gasteiger partial charge in [-0.1, -0.05) is 29.3 Å². The van der Waals surface area contributed by atoms with Crippen molar-refractivity contribution in [1.82, 2.24) is 24.6 Å². The Morgan fingerprint density at radius 1 is 1.18 bits per heavy atom. The Hall–Kier alpha value is -4.12. The second-order valence-corrected chi connectivity index (χ2v) is 11.1. The summed E-state index contributed by atoms with van der Waals surface area (Å²) in [6.07, 6.45) is 5.27. The number of carbonyl (C=O) groups is 1. The van der Waals surface area contributed by atoms with Crippen LogP contribution in [0.25, 0.3) is 22.4 Å². The lowest BCUT2D eigenvalue weighted by molar-refractivity contribution is -0.204. The molecule has 10 nitrogen and oxygen atoms in total. The molecule has 0 spiro atoms. The molecular weight excluding hydrogens is 539 g/mol. The van der Waals surface area contributed by atoms with Gasteiger partial charge in [-0.05, 0) is 58.7 Å². The highest BCUT2D eigenvalue weighted by Crippen LogP contribution is 2.30. The molecule has 0 radical (unpaired) electrons. The van der Waals surface area contributed by atoms with Crippen LogP contribution in [0.15, 0.2) is 48.9 Å². The van der Waals surface area contributed by atoms with E-state index in [1.807, 2.05) is 39.8 Å². The number of nitrogens with one attached hydrogen (secondary N) is 1. The molecule has 4 heterocycles. The highest BCUT2D eigenvalue weighted by atomic mass is 35.5. The van der Waals surface area contributed by atoms with Gasteiger partial charge in [0.25, 0.3) is 0 Å². The van der Waals surface area contributed by atoms with Crippen LogP contribution in [0.4, 0.5) is 15.0 Å². The number of rotatable bonds is 6. The number of halogens is 2. The van der Waals surface area contributed by atoms with E-state index in [0.717, 1.165) is 24.6 Å². The number of hydrogen-bond acceptors (Lipinski definition) is 8. The van der Waals surface area contributed by atoms with Gasteiger partial charge in [0.15, 0.2) is 28.9 Å². The van der Waals surface area contributed by atoms with Gasteiger partial charge in [0.2, 0.25) is 0 Å². The summed E-state index contributed by atoms with van der Waals surface area (Å²) in [5.74, 6) is 0.140. The highest BCUT2D eigenvalue weighted by Gasteiger charge is 2.28. The Labute approximate surface area is 235 Å². The lowest BCUT2D eigenvalue weighted by Crippen LogP contribution is -2.47. The predicted octanol–water partition coefficient (Wildman–Crippen LogP) is 5.83. The van der Waals surface area contributed by atoms with Crippen LogP contribution < -0.4 is 15.2 Å². The molecule has 1 N–H and O–H groups in total. The van der Waals surface area contributed by atoms with E-state index in [0.29, 0.717) is 40.5 Å². The minimum absolute atomic E-state index is 0.0220. The minimum atomic E-state index is -0.614. The van der Waals surface area contributed by atoms with E-state index < -0.39 is 17.5 Å². The number of carbonyl (C=O) groups excluding carboxylic acids is 1. The van der Waals surface area contributed by atoms with E-state index in [1.54, 1.807) is 29.3 Å². The van der Waals surface area contributed by atoms with Crippen molar-refractivity contribution in [2.45, 2.75) is 52.2 Å². The van der Waals surface area contributed by atoms with E-state index in [1.165, 1.54) is 10.9 Å². The molecule has 210 valence electrons. The molecule has 0 unspecified atom stereocenters. The molecule has 1 amide bonds. The maximum atomic E-state index is 14.9. The Morgan fingerprint density at radius 3 is 2.70 bits per heavy atom. The third-order valence-electron chi connectivity index (χ3n) is 6.21. The first-order valence-corrected chi connectivity index (χ1v) is 13.3. The predicted molar refractivity (Wildman–Crippen MR) is 149 cm³/mol. The molecule has 12 heteroatoms. The van der Waals surface area contributed by atoms with Gasteiger partial charge < -0.3 is 15.0 Å². The Bertz CT molecular complexity index is 1520. The van der Waals surface area contributed by atoms with Gasteiger partial charge in [0.05, 0.1) is 23.0 Å². The van der Waals surface area contributed by atoms with Crippen LogP contribution in [0, 0.1) is 12.7 Å². The second-order valence-electron chi connectivity index (χ2n) is 10.7. The average molecular weight is 569 g/mol. The summed E-state index contributed by atoms with van der Waals surface area (Å²) < 4.78 is 21.7. The molecule has 1 fully saturated rings. The van der Waals surface area contributed by atoms with Crippen LogP contribution in [0.3, 0.4) is 0 Å². The molecule has 4 aromatic rings. The fourth-order valence-electron chi connectivity index (χ4n) is 4.34. The molecule has 40 heavy (non-hydrogen) atoms. The highest BCUT2D eigenvalue weighted by molar-refractivity contribution is 6.31. The smallest absolute Gasteiger partial charge is 0.410 e. The standard InChI is InChI=1S/C28H30ClFN6O4/c1-17-7-9-20(10-8-17)39-40-36-16-22(21-12-18(29)13-32-26(21)36)24-31-14-23(30)25(34-24)33-19-6-5-11-35(15-19)27(37)38-28(2,3)4/h7-10,12-14,16,19H,5-6,11,15H2,1-4H3,(H,31,33,34)/t19-/m0/s1. The maximum absolute atomic E-state index is 14.9. The van der Waals surface area contributed by atoms with Gasteiger partial charge in [-0.25, -0.2) is 24.1 Å². The third kappa shape index (κ3) is 6.36. The zero-order valence-electron chi connectivity index (χ0n) is 22.6. The zero-order valence-corrected chi connectivity index (χ0v) is 23.4. The van der Waals surface area contributed by atoms with Crippen LogP contribution in [0.2, 0.25) is 5.02 Å². The van der Waals surface area contributed by atoms with Gasteiger partial charge in [-0.2, -0.15) is 4.99 Å². The number of fused-ring (bicyclic) bond motifs is 1. The van der Waals surface area contributed by atoms with Crippen molar-refractivity contribution in [3.05, 3.63) is 65.3 Å².